The van der Waals surface area contributed by atoms with Crippen LogP contribution in [0.4, 0.5) is 5.69 Å². The minimum absolute atomic E-state index is 0.129. The molecule has 3 rings (SSSR count). The third kappa shape index (κ3) is 2.98. The van der Waals surface area contributed by atoms with Crippen molar-refractivity contribution in [1.82, 2.24) is 9.13 Å². The molecule has 0 aliphatic heterocycles. The zero-order valence-corrected chi connectivity index (χ0v) is 14.2. The molecule has 0 aliphatic rings. The Hall–Kier alpha value is -3.15. The molecule has 0 spiro atoms. The van der Waals surface area contributed by atoms with Crippen LogP contribution in [-0.2, 0) is 18.4 Å². The molecule has 0 saturated carbocycles. The third-order valence-corrected chi connectivity index (χ3v) is 4.23. The fraction of sp³-hybridized carbons (Fsp3) is 0.211. The average molecular weight is 337 g/mol. The van der Waals surface area contributed by atoms with Gasteiger partial charge in [-0.15, -0.1) is 0 Å². The number of likely N-dealkylation sites (N-methyl/N-ethyl adjacent to an activating group) is 1. The molecule has 1 aromatic heterocycles. The monoisotopic (exact) mass is 337 g/mol. The summed E-state index contributed by atoms with van der Waals surface area (Å²) in [6.07, 6.45) is 0. The molecule has 1 amide bonds. The molecule has 6 heteroatoms. The Morgan fingerprint density at radius 2 is 1.64 bits per heavy atom. The lowest BCUT2D eigenvalue weighted by Crippen LogP contribution is -2.42. The zero-order valence-electron chi connectivity index (χ0n) is 14.2. The molecule has 0 radical (unpaired) electrons. The Labute approximate surface area is 144 Å². The SMILES string of the molecule is CCN(C(=O)Cn1c(=O)n(C)c(=O)c2ccccc21)c1ccccc1. The molecule has 0 bridgehead atoms. The molecule has 3 aromatic rings. The first-order valence-electron chi connectivity index (χ1n) is 8.08. The molecule has 0 fully saturated rings. The van der Waals surface area contributed by atoms with Crippen LogP contribution in [0.5, 0.6) is 0 Å². The van der Waals surface area contributed by atoms with Gasteiger partial charge in [0.05, 0.1) is 10.9 Å². The van der Waals surface area contributed by atoms with Crippen LogP contribution in [0, 0.1) is 0 Å². The van der Waals surface area contributed by atoms with Gasteiger partial charge in [-0.2, -0.15) is 0 Å². The molecule has 0 atom stereocenters. The number of carbonyl (C=O) groups is 1. The molecule has 25 heavy (non-hydrogen) atoms. The number of nitrogens with zero attached hydrogens (tertiary/aromatic N) is 3. The van der Waals surface area contributed by atoms with Crippen molar-refractivity contribution in [3.05, 3.63) is 75.4 Å². The number of hydrogen-bond acceptors (Lipinski definition) is 3. The molecular formula is C19H19N3O3. The highest BCUT2D eigenvalue weighted by Crippen LogP contribution is 2.14. The standard InChI is InChI=1S/C19H19N3O3/c1-3-21(14-9-5-4-6-10-14)17(23)13-22-16-12-8-7-11-15(16)18(24)20(2)19(22)25/h4-12H,3,13H2,1-2H3. The minimum Gasteiger partial charge on any atom is -0.311 e. The van der Waals surface area contributed by atoms with E-state index < -0.39 is 5.69 Å². The van der Waals surface area contributed by atoms with Gasteiger partial charge in [-0.3, -0.25) is 18.7 Å². The van der Waals surface area contributed by atoms with Crippen LogP contribution < -0.4 is 16.1 Å². The number of anilines is 1. The summed E-state index contributed by atoms with van der Waals surface area (Å²) in [5.74, 6) is -0.209. The fourth-order valence-corrected chi connectivity index (χ4v) is 2.93. The summed E-state index contributed by atoms with van der Waals surface area (Å²) >= 11 is 0. The Kier molecular flexibility index (Phi) is 4.52. The lowest BCUT2D eigenvalue weighted by Gasteiger charge is -2.22. The molecule has 0 saturated heterocycles. The smallest absolute Gasteiger partial charge is 0.311 e. The van der Waals surface area contributed by atoms with Gasteiger partial charge in [-0.1, -0.05) is 30.3 Å². The summed E-state index contributed by atoms with van der Waals surface area (Å²) < 4.78 is 2.39. The van der Waals surface area contributed by atoms with Gasteiger partial charge in [-0.25, -0.2) is 4.79 Å². The van der Waals surface area contributed by atoms with Gasteiger partial charge >= 0.3 is 5.69 Å². The Bertz CT molecular complexity index is 1040. The Morgan fingerprint density at radius 3 is 2.32 bits per heavy atom. The summed E-state index contributed by atoms with van der Waals surface area (Å²) in [5.41, 5.74) is 0.381. The number of hydrogen-bond donors (Lipinski definition) is 0. The van der Waals surface area contributed by atoms with Gasteiger partial charge in [0.15, 0.2) is 0 Å². The van der Waals surface area contributed by atoms with Crippen molar-refractivity contribution in [2.75, 3.05) is 11.4 Å². The van der Waals surface area contributed by atoms with E-state index in [2.05, 4.69) is 0 Å². The van der Waals surface area contributed by atoms with Crippen molar-refractivity contribution >= 4 is 22.5 Å². The van der Waals surface area contributed by atoms with E-state index in [9.17, 15) is 14.4 Å². The first-order valence-corrected chi connectivity index (χ1v) is 8.08. The Morgan fingerprint density at radius 1 is 1.00 bits per heavy atom. The predicted molar refractivity (Wildman–Crippen MR) is 97.9 cm³/mol. The van der Waals surface area contributed by atoms with Gasteiger partial charge < -0.3 is 4.90 Å². The van der Waals surface area contributed by atoms with Gasteiger partial charge in [-0.05, 0) is 31.2 Å². The molecule has 0 aliphatic carbocycles. The maximum absolute atomic E-state index is 12.8. The van der Waals surface area contributed by atoms with Gasteiger partial charge in [0.1, 0.15) is 6.54 Å². The molecule has 128 valence electrons. The maximum atomic E-state index is 12.8. The molecule has 6 nitrogen and oxygen atoms in total. The van der Waals surface area contributed by atoms with Crippen LogP contribution in [0.15, 0.2) is 64.2 Å². The lowest BCUT2D eigenvalue weighted by molar-refractivity contribution is -0.119. The van der Waals surface area contributed by atoms with Crippen molar-refractivity contribution in [3.8, 4) is 0 Å². The number of para-hydroxylation sites is 2. The third-order valence-electron chi connectivity index (χ3n) is 4.23. The average Bonchev–Trinajstić information content (AvgIpc) is 2.65. The highest BCUT2D eigenvalue weighted by atomic mass is 16.2. The normalized spacial score (nSPS) is 10.8. The molecule has 0 unspecified atom stereocenters. The van der Waals surface area contributed by atoms with Gasteiger partial charge in [0.2, 0.25) is 5.91 Å². The summed E-state index contributed by atoms with van der Waals surface area (Å²) in [6, 6.07) is 16.1. The highest BCUT2D eigenvalue weighted by Gasteiger charge is 2.18. The van der Waals surface area contributed by atoms with Gasteiger partial charge in [0.25, 0.3) is 5.56 Å². The Balaban J connectivity index is 2.08. The predicted octanol–water partition coefficient (Wildman–Crippen LogP) is 1.75. The van der Waals surface area contributed by atoms with Crippen LogP contribution in [0.3, 0.4) is 0 Å². The lowest BCUT2D eigenvalue weighted by atomic mass is 10.2. The van der Waals surface area contributed by atoms with Crippen LogP contribution in [0.2, 0.25) is 0 Å². The molecular weight excluding hydrogens is 318 g/mol. The van der Waals surface area contributed by atoms with Crippen molar-refractivity contribution < 1.29 is 4.79 Å². The zero-order chi connectivity index (χ0) is 18.0. The fourth-order valence-electron chi connectivity index (χ4n) is 2.93. The van der Waals surface area contributed by atoms with E-state index in [-0.39, 0.29) is 18.0 Å². The van der Waals surface area contributed by atoms with Crippen molar-refractivity contribution in [1.29, 1.82) is 0 Å². The van der Waals surface area contributed by atoms with Crippen LogP contribution in [0.1, 0.15) is 6.92 Å². The van der Waals surface area contributed by atoms with E-state index in [1.807, 2.05) is 37.3 Å². The number of carbonyl (C=O) groups excluding carboxylic acids is 1. The number of aromatic nitrogens is 2. The first kappa shape index (κ1) is 16.7. The van der Waals surface area contributed by atoms with Crippen molar-refractivity contribution in [2.45, 2.75) is 13.5 Å². The second-order valence-corrected chi connectivity index (χ2v) is 5.72. The van der Waals surface area contributed by atoms with Crippen LogP contribution >= 0.6 is 0 Å². The van der Waals surface area contributed by atoms with Crippen LogP contribution in [-0.4, -0.2) is 21.6 Å². The van der Waals surface area contributed by atoms with E-state index in [1.165, 1.54) is 11.6 Å². The van der Waals surface area contributed by atoms with E-state index in [4.69, 9.17) is 0 Å². The van der Waals surface area contributed by atoms with Crippen molar-refractivity contribution in [3.63, 3.8) is 0 Å². The summed E-state index contributed by atoms with van der Waals surface area (Å²) in [7, 11) is 1.42. The van der Waals surface area contributed by atoms with E-state index >= 15 is 0 Å². The van der Waals surface area contributed by atoms with Gasteiger partial charge in [0, 0.05) is 19.3 Å². The largest absolute Gasteiger partial charge is 0.331 e. The topological polar surface area (TPSA) is 64.3 Å². The van der Waals surface area contributed by atoms with E-state index in [0.29, 0.717) is 17.4 Å². The second kappa shape index (κ2) is 6.76. The van der Waals surface area contributed by atoms with E-state index in [0.717, 1.165) is 10.3 Å². The quantitative estimate of drug-likeness (QED) is 0.729. The minimum atomic E-state index is -0.499. The summed E-state index contributed by atoms with van der Waals surface area (Å²) in [5, 5.41) is 0.417. The summed E-state index contributed by atoms with van der Waals surface area (Å²) in [4.78, 5) is 39.2. The van der Waals surface area contributed by atoms with E-state index in [1.54, 1.807) is 29.2 Å². The second-order valence-electron chi connectivity index (χ2n) is 5.72. The molecule has 2 aromatic carbocycles. The number of benzene rings is 2. The number of rotatable bonds is 4. The summed E-state index contributed by atoms with van der Waals surface area (Å²) in [6.45, 7) is 2.24. The van der Waals surface area contributed by atoms with Crippen molar-refractivity contribution in [2.24, 2.45) is 7.05 Å². The maximum Gasteiger partial charge on any atom is 0.331 e. The highest BCUT2D eigenvalue weighted by molar-refractivity contribution is 5.94. The first-order chi connectivity index (χ1) is 12.0. The number of fused-ring (bicyclic) bond motifs is 1. The van der Waals surface area contributed by atoms with Crippen LogP contribution in [0.25, 0.3) is 10.9 Å². The molecule has 1 heterocycles. The number of amides is 1. The molecule has 0 N–H and O–H groups in total.